The zero-order valence-electron chi connectivity index (χ0n) is 36.7. The summed E-state index contributed by atoms with van der Waals surface area (Å²) < 4.78 is 0. The zero-order valence-corrected chi connectivity index (χ0v) is 36.7. The van der Waals surface area contributed by atoms with Gasteiger partial charge in [-0.1, -0.05) is 279 Å². The Morgan fingerprint density at radius 3 is 1.08 bits per heavy atom. The van der Waals surface area contributed by atoms with Crippen molar-refractivity contribution in [2.24, 2.45) is 0 Å². The summed E-state index contributed by atoms with van der Waals surface area (Å²) >= 11 is 0. The molecule has 0 spiro atoms. The minimum Gasteiger partial charge on any atom is -0.0622 e. The first-order valence-electron chi connectivity index (χ1n) is 22.6. The molecule has 0 saturated carbocycles. The monoisotopic (exact) mass is 840 g/mol. The fourth-order valence-electron chi connectivity index (χ4n) is 8.60. The van der Waals surface area contributed by atoms with Gasteiger partial charge in [-0.3, -0.25) is 0 Å². The summed E-state index contributed by atoms with van der Waals surface area (Å²) in [6.07, 6.45) is 13.5. The van der Waals surface area contributed by atoms with Crippen molar-refractivity contribution in [3.05, 3.63) is 310 Å². The van der Waals surface area contributed by atoms with Gasteiger partial charge in [-0.25, -0.2) is 0 Å². The van der Waals surface area contributed by atoms with Crippen molar-refractivity contribution in [1.82, 2.24) is 0 Å². The van der Waals surface area contributed by atoms with Gasteiger partial charge in [0.05, 0.1) is 0 Å². The number of hydrogen-bond acceptors (Lipinski definition) is 0. The summed E-state index contributed by atoms with van der Waals surface area (Å²) in [4.78, 5) is 0. The minimum absolute atomic E-state index is 1.15. The van der Waals surface area contributed by atoms with Gasteiger partial charge in [0.15, 0.2) is 0 Å². The third-order valence-electron chi connectivity index (χ3n) is 12.2. The Morgan fingerprint density at radius 2 is 0.606 bits per heavy atom. The van der Waals surface area contributed by atoms with Gasteiger partial charge < -0.3 is 0 Å². The van der Waals surface area contributed by atoms with Crippen LogP contribution in [0.2, 0.25) is 0 Å². The van der Waals surface area contributed by atoms with Crippen LogP contribution in [0.1, 0.15) is 55.6 Å². The lowest BCUT2D eigenvalue weighted by Gasteiger charge is -2.11. The maximum atomic E-state index is 2.30. The molecule has 0 aromatic heterocycles. The van der Waals surface area contributed by atoms with E-state index in [0.29, 0.717) is 0 Å². The fourth-order valence-corrected chi connectivity index (χ4v) is 8.60. The molecular weight excluding hydrogens is 793 g/mol. The Labute approximate surface area is 389 Å². The second-order valence-electron chi connectivity index (χ2n) is 16.5. The molecule has 0 aliphatic rings. The molecule has 0 atom stereocenters. The summed E-state index contributed by atoms with van der Waals surface area (Å²) in [6, 6.07) is 91.0. The van der Waals surface area contributed by atoms with Crippen LogP contribution in [0.15, 0.2) is 255 Å². The van der Waals surface area contributed by atoms with Crippen LogP contribution in [0.4, 0.5) is 0 Å². The highest BCUT2D eigenvalue weighted by Gasteiger charge is 2.09. The van der Waals surface area contributed by atoms with E-state index in [1.807, 2.05) is 0 Å². The van der Waals surface area contributed by atoms with E-state index in [1.165, 1.54) is 77.6 Å². The molecule has 0 fully saturated rings. The van der Waals surface area contributed by atoms with E-state index in [1.54, 1.807) is 0 Å². The maximum absolute atomic E-state index is 2.30. The summed E-state index contributed by atoms with van der Waals surface area (Å²) in [5.74, 6) is 0. The van der Waals surface area contributed by atoms with Crippen LogP contribution in [0.3, 0.4) is 0 Å². The second-order valence-corrected chi connectivity index (χ2v) is 16.5. The maximum Gasteiger partial charge on any atom is -0.0105 e. The van der Waals surface area contributed by atoms with E-state index in [9.17, 15) is 0 Å². The first-order valence-corrected chi connectivity index (χ1v) is 22.6. The lowest BCUT2D eigenvalue weighted by atomic mass is 9.93. The predicted molar refractivity (Wildman–Crippen MR) is 285 cm³/mol. The largest absolute Gasteiger partial charge is 0.0622 e. The fraction of sp³-hybridized carbons (Fsp3) is 0. The van der Waals surface area contributed by atoms with Gasteiger partial charge in [0.25, 0.3) is 0 Å². The molecule has 66 heavy (non-hydrogen) atoms. The Morgan fingerprint density at radius 1 is 0.242 bits per heavy atom. The molecule has 0 N–H and O–H groups in total. The van der Waals surface area contributed by atoms with Crippen LogP contribution >= 0.6 is 0 Å². The lowest BCUT2D eigenvalue weighted by Crippen LogP contribution is -1.89. The molecule has 0 saturated heterocycles. The van der Waals surface area contributed by atoms with E-state index in [-0.39, 0.29) is 0 Å². The first-order chi connectivity index (χ1) is 32.7. The SMILES string of the molecule is C(=C/c1ccc2ccccc2c1/C=C\c1ccc(/C=C(/c2ccccc2)c2ccc(-c3ccccc3)cc2)cc1)/c1ccc(/C=C(/c2ccccc2)c2ccc(-c3ccccc3)cc2)cc1. The lowest BCUT2D eigenvalue weighted by molar-refractivity contribution is 1.54. The van der Waals surface area contributed by atoms with E-state index >= 15 is 0 Å². The second kappa shape index (κ2) is 19.9. The third kappa shape index (κ3) is 9.80. The van der Waals surface area contributed by atoms with Crippen molar-refractivity contribution >= 4 is 58.4 Å². The molecule has 0 aliphatic carbocycles. The standard InChI is InChI=1S/C66H48/c1-5-15-53(16-6-1)55-36-40-61(41-37-55)65(57-19-9-3-10-20-57)47-51-29-25-49(26-30-51)33-35-60-45-44-59-23-13-14-24-63(59)64(60)46-34-50-27-31-52(32-28-50)48-66(58-21-11-4-12-22-58)62-42-38-56(39-43-62)54-17-7-2-8-18-54/h1-48H/b35-33-,46-34-,65-47-,66-48-. The zero-order chi connectivity index (χ0) is 44.3. The van der Waals surface area contributed by atoms with Crippen LogP contribution in [-0.4, -0.2) is 0 Å². The van der Waals surface area contributed by atoms with Crippen LogP contribution in [0.5, 0.6) is 0 Å². The quantitative estimate of drug-likeness (QED) is 0.108. The molecule has 312 valence electrons. The first kappa shape index (κ1) is 41.4. The highest BCUT2D eigenvalue weighted by molar-refractivity contribution is 5.98. The minimum atomic E-state index is 1.15. The Hall–Kier alpha value is -8.58. The van der Waals surface area contributed by atoms with Gasteiger partial charge in [-0.05, 0) is 112 Å². The van der Waals surface area contributed by atoms with E-state index in [0.717, 1.165) is 22.3 Å². The molecule has 0 amide bonds. The van der Waals surface area contributed by atoms with Gasteiger partial charge in [0.2, 0.25) is 0 Å². The molecule has 0 aliphatic heterocycles. The third-order valence-corrected chi connectivity index (χ3v) is 12.2. The van der Waals surface area contributed by atoms with Crippen molar-refractivity contribution in [2.45, 2.75) is 0 Å². The van der Waals surface area contributed by atoms with Crippen LogP contribution in [-0.2, 0) is 0 Å². The van der Waals surface area contributed by atoms with Crippen LogP contribution < -0.4 is 0 Å². The average Bonchev–Trinajstić information content (AvgIpc) is 3.40. The molecule has 10 aromatic rings. The molecule has 0 bridgehead atoms. The van der Waals surface area contributed by atoms with E-state index in [4.69, 9.17) is 0 Å². The highest BCUT2D eigenvalue weighted by atomic mass is 14.1. The molecule has 0 unspecified atom stereocenters. The molecule has 0 radical (unpaired) electrons. The smallest absolute Gasteiger partial charge is 0.0105 e. The van der Waals surface area contributed by atoms with Crippen molar-refractivity contribution in [1.29, 1.82) is 0 Å². The molecule has 0 nitrogen and oxygen atoms in total. The highest BCUT2D eigenvalue weighted by Crippen LogP contribution is 2.32. The normalized spacial score (nSPS) is 12.0. The molecule has 0 heteroatoms. The van der Waals surface area contributed by atoms with Crippen molar-refractivity contribution < 1.29 is 0 Å². The average molecular weight is 841 g/mol. The van der Waals surface area contributed by atoms with E-state index < -0.39 is 0 Å². The van der Waals surface area contributed by atoms with Gasteiger partial charge in [0.1, 0.15) is 0 Å². The van der Waals surface area contributed by atoms with Gasteiger partial charge in [-0.15, -0.1) is 0 Å². The summed E-state index contributed by atoms with van der Waals surface area (Å²) in [5.41, 5.74) is 19.0. The molecule has 10 aromatic carbocycles. The Bertz CT molecular complexity index is 3300. The van der Waals surface area contributed by atoms with Gasteiger partial charge >= 0.3 is 0 Å². The molecular formula is C66H48. The molecule has 0 heterocycles. The van der Waals surface area contributed by atoms with Crippen molar-refractivity contribution in [2.75, 3.05) is 0 Å². The summed E-state index contributed by atoms with van der Waals surface area (Å²) in [7, 11) is 0. The summed E-state index contributed by atoms with van der Waals surface area (Å²) in [5, 5.41) is 2.45. The topological polar surface area (TPSA) is 0 Å². The number of hydrogen-bond donors (Lipinski definition) is 0. The van der Waals surface area contributed by atoms with Crippen LogP contribution in [0, 0.1) is 0 Å². The molecule has 10 rings (SSSR count). The number of benzene rings is 10. The Balaban J connectivity index is 0.898. The number of fused-ring (bicyclic) bond motifs is 1. The van der Waals surface area contributed by atoms with Gasteiger partial charge in [0, 0.05) is 0 Å². The summed E-state index contributed by atoms with van der Waals surface area (Å²) in [6.45, 7) is 0. The van der Waals surface area contributed by atoms with Crippen molar-refractivity contribution in [3.8, 4) is 22.3 Å². The van der Waals surface area contributed by atoms with Crippen molar-refractivity contribution in [3.63, 3.8) is 0 Å². The Kier molecular flexibility index (Phi) is 12.5. The predicted octanol–water partition coefficient (Wildman–Crippen LogP) is 17.7. The van der Waals surface area contributed by atoms with Gasteiger partial charge in [-0.2, -0.15) is 0 Å². The van der Waals surface area contributed by atoms with Crippen LogP contribution in [0.25, 0.3) is 80.6 Å². The number of rotatable bonds is 12. The van der Waals surface area contributed by atoms with E-state index in [2.05, 4.69) is 291 Å².